The van der Waals surface area contributed by atoms with E-state index in [1.807, 2.05) is 0 Å². The number of carbonyl (C=O) groups is 2. The molecule has 0 aliphatic heterocycles. The molecule has 1 atom stereocenters. The molecule has 0 aromatic rings. The molecular weight excluding hydrogens is 476 g/mol. The summed E-state index contributed by atoms with van der Waals surface area (Å²) in [4.78, 5) is 23.6. The van der Waals surface area contributed by atoms with Crippen molar-refractivity contribution in [2.24, 2.45) is 0 Å². The third-order valence-corrected chi connectivity index (χ3v) is 6.75. The van der Waals surface area contributed by atoms with Crippen LogP contribution in [0.15, 0.2) is 24.3 Å². The van der Waals surface area contributed by atoms with E-state index in [1.54, 1.807) is 0 Å². The van der Waals surface area contributed by atoms with E-state index in [0.29, 0.717) is 12.8 Å². The Labute approximate surface area is 234 Å². The van der Waals surface area contributed by atoms with E-state index in [2.05, 4.69) is 38.2 Å². The average molecular weight is 537 g/mol. The van der Waals surface area contributed by atoms with Gasteiger partial charge in [0.25, 0.3) is 0 Å². The Hall–Kier alpha value is -1.62. The molecule has 0 bridgehead atoms. The number of rotatable bonds is 28. The van der Waals surface area contributed by atoms with E-state index in [1.165, 1.54) is 83.5 Å². The number of ether oxygens (including phenoxy) is 2. The number of hydrogen-bond donors (Lipinski definition) is 1. The quantitative estimate of drug-likeness (QED) is 0.0613. The zero-order chi connectivity index (χ0) is 27.9. The summed E-state index contributed by atoms with van der Waals surface area (Å²) >= 11 is 0. The summed E-state index contributed by atoms with van der Waals surface area (Å²) in [7, 11) is 0. The number of aliphatic hydroxyl groups excluding tert-OH is 1. The van der Waals surface area contributed by atoms with Crippen LogP contribution in [0.25, 0.3) is 0 Å². The van der Waals surface area contributed by atoms with Gasteiger partial charge in [0.15, 0.2) is 6.10 Å². The van der Waals surface area contributed by atoms with Crippen LogP contribution in [0.1, 0.15) is 155 Å². The van der Waals surface area contributed by atoms with Crippen molar-refractivity contribution in [3.63, 3.8) is 0 Å². The molecular formula is C33H60O5. The van der Waals surface area contributed by atoms with Crippen LogP contribution >= 0.6 is 0 Å². The van der Waals surface area contributed by atoms with Crippen molar-refractivity contribution in [1.29, 1.82) is 0 Å². The Balaban J connectivity index is 3.48. The normalized spacial score (nSPS) is 12.4. The molecule has 0 spiro atoms. The van der Waals surface area contributed by atoms with Gasteiger partial charge in [-0.15, -0.1) is 0 Å². The highest BCUT2D eigenvalue weighted by molar-refractivity contribution is 5.70. The first-order valence-electron chi connectivity index (χ1n) is 15.9. The Bertz CT molecular complexity index is 584. The lowest BCUT2D eigenvalue weighted by Gasteiger charge is -2.15. The first-order chi connectivity index (χ1) is 18.6. The van der Waals surface area contributed by atoms with Crippen LogP contribution in [0.4, 0.5) is 0 Å². The molecule has 0 fully saturated rings. The fraction of sp³-hybridized carbons (Fsp3) is 0.818. The Morgan fingerprint density at radius 3 is 1.61 bits per heavy atom. The van der Waals surface area contributed by atoms with E-state index in [0.717, 1.165) is 44.9 Å². The molecule has 0 saturated carbocycles. The van der Waals surface area contributed by atoms with Crippen LogP contribution in [0.3, 0.4) is 0 Å². The van der Waals surface area contributed by atoms with Crippen molar-refractivity contribution in [1.82, 2.24) is 0 Å². The Kier molecular flexibility index (Phi) is 28.7. The van der Waals surface area contributed by atoms with Gasteiger partial charge in [0.1, 0.15) is 6.61 Å². The third kappa shape index (κ3) is 27.4. The van der Waals surface area contributed by atoms with Crippen molar-refractivity contribution in [2.75, 3.05) is 13.2 Å². The van der Waals surface area contributed by atoms with E-state index >= 15 is 0 Å². The third-order valence-electron chi connectivity index (χ3n) is 6.75. The summed E-state index contributed by atoms with van der Waals surface area (Å²) in [6.45, 7) is 3.93. The van der Waals surface area contributed by atoms with Crippen molar-refractivity contribution in [3.05, 3.63) is 24.3 Å². The summed E-state index contributed by atoms with van der Waals surface area (Å²) in [5.41, 5.74) is 0. The minimum absolute atomic E-state index is 0.0693. The molecule has 0 heterocycles. The molecule has 0 aromatic heterocycles. The molecule has 1 unspecified atom stereocenters. The highest BCUT2D eigenvalue weighted by Gasteiger charge is 2.15. The number of allylic oxidation sites excluding steroid dienone is 4. The second-order valence-electron chi connectivity index (χ2n) is 10.5. The van der Waals surface area contributed by atoms with E-state index in [4.69, 9.17) is 9.47 Å². The van der Waals surface area contributed by atoms with Gasteiger partial charge in [0.05, 0.1) is 6.61 Å². The molecule has 0 aromatic carbocycles. The molecule has 222 valence electrons. The maximum Gasteiger partial charge on any atom is 0.306 e. The van der Waals surface area contributed by atoms with E-state index in [-0.39, 0.29) is 25.2 Å². The van der Waals surface area contributed by atoms with Crippen molar-refractivity contribution >= 4 is 11.9 Å². The van der Waals surface area contributed by atoms with Crippen LogP contribution in [-0.2, 0) is 19.1 Å². The Morgan fingerprint density at radius 2 is 1.05 bits per heavy atom. The van der Waals surface area contributed by atoms with Gasteiger partial charge >= 0.3 is 11.9 Å². The monoisotopic (exact) mass is 536 g/mol. The van der Waals surface area contributed by atoms with Gasteiger partial charge < -0.3 is 14.6 Å². The largest absolute Gasteiger partial charge is 0.462 e. The summed E-state index contributed by atoms with van der Waals surface area (Å²) in [5, 5.41) is 9.37. The zero-order valence-electron chi connectivity index (χ0n) is 24.9. The maximum atomic E-state index is 12.0. The highest BCUT2D eigenvalue weighted by Crippen LogP contribution is 2.12. The minimum atomic E-state index is -0.764. The zero-order valence-corrected chi connectivity index (χ0v) is 24.9. The summed E-state index contributed by atoms with van der Waals surface area (Å²) in [6.07, 6.45) is 33.0. The standard InChI is InChI=1S/C33H60O5/c1-3-5-7-8-9-10-11-12-13-14-15-16-17-18-19-20-21-22-23-24-26-28-33(36)38-31(29-34)30-37-32(35)27-25-6-4-2/h11-12,14-15,31,34H,3-10,13,16-30H2,1-2H3/b12-11-,15-14-. The molecule has 0 aliphatic rings. The van der Waals surface area contributed by atoms with Gasteiger partial charge in [-0.05, 0) is 44.9 Å². The number of unbranched alkanes of at least 4 members (excludes halogenated alkanes) is 16. The average Bonchev–Trinajstić information content (AvgIpc) is 2.92. The molecule has 38 heavy (non-hydrogen) atoms. The lowest BCUT2D eigenvalue weighted by atomic mass is 10.1. The predicted molar refractivity (Wildman–Crippen MR) is 159 cm³/mol. The Morgan fingerprint density at radius 1 is 0.605 bits per heavy atom. The van der Waals surface area contributed by atoms with Crippen LogP contribution in [0.2, 0.25) is 0 Å². The molecule has 0 aliphatic carbocycles. The molecule has 0 amide bonds. The lowest BCUT2D eigenvalue weighted by Crippen LogP contribution is -2.28. The van der Waals surface area contributed by atoms with Crippen LogP contribution < -0.4 is 0 Å². The van der Waals surface area contributed by atoms with Crippen molar-refractivity contribution in [3.8, 4) is 0 Å². The van der Waals surface area contributed by atoms with Gasteiger partial charge in [0, 0.05) is 12.8 Å². The number of hydrogen-bond acceptors (Lipinski definition) is 5. The molecule has 0 radical (unpaired) electrons. The van der Waals surface area contributed by atoms with Gasteiger partial charge in [0.2, 0.25) is 0 Å². The fourth-order valence-corrected chi connectivity index (χ4v) is 4.29. The topological polar surface area (TPSA) is 72.8 Å². The maximum absolute atomic E-state index is 12.0. The van der Waals surface area contributed by atoms with E-state index in [9.17, 15) is 14.7 Å². The van der Waals surface area contributed by atoms with Crippen molar-refractivity contribution < 1.29 is 24.2 Å². The minimum Gasteiger partial charge on any atom is -0.462 e. The first-order valence-corrected chi connectivity index (χ1v) is 15.9. The number of esters is 2. The van der Waals surface area contributed by atoms with Gasteiger partial charge in [-0.25, -0.2) is 0 Å². The number of carbonyl (C=O) groups excluding carboxylic acids is 2. The van der Waals surface area contributed by atoms with Crippen LogP contribution in [0.5, 0.6) is 0 Å². The highest BCUT2D eigenvalue weighted by atomic mass is 16.6. The first kappa shape index (κ1) is 36.4. The van der Waals surface area contributed by atoms with Crippen LogP contribution in [0, 0.1) is 0 Å². The van der Waals surface area contributed by atoms with Gasteiger partial charge in [-0.2, -0.15) is 0 Å². The molecule has 5 heteroatoms. The molecule has 0 saturated heterocycles. The fourth-order valence-electron chi connectivity index (χ4n) is 4.29. The lowest BCUT2D eigenvalue weighted by molar-refractivity contribution is -0.161. The summed E-state index contributed by atoms with van der Waals surface area (Å²) in [6, 6.07) is 0. The van der Waals surface area contributed by atoms with Crippen LogP contribution in [-0.4, -0.2) is 36.4 Å². The smallest absolute Gasteiger partial charge is 0.306 e. The number of aliphatic hydroxyl groups is 1. The van der Waals surface area contributed by atoms with Gasteiger partial charge in [-0.1, -0.05) is 122 Å². The second kappa shape index (κ2) is 29.9. The SMILES string of the molecule is CCCCCCC/C=C\C/C=C\CCCCCCCCCCCC(=O)OC(CO)COC(=O)CCCCC. The summed E-state index contributed by atoms with van der Waals surface area (Å²) < 4.78 is 10.4. The van der Waals surface area contributed by atoms with E-state index < -0.39 is 6.10 Å². The molecule has 1 N–H and O–H groups in total. The molecule has 5 nitrogen and oxygen atoms in total. The van der Waals surface area contributed by atoms with Crippen molar-refractivity contribution in [2.45, 2.75) is 161 Å². The molecule has 0 rings (SSSR count). The summed E-state index contributed by atoms with van der Waals surface area (Å²) in [5.74, 6) is -0.624. The predicted octanol–water partition coefficient (Wildman–Crippen LogP) is 9.17. The van der Waals surface area contributed by atoms with Gasteiger partial charge in [-0.3, -0.25) is 9.59 Å². The second-order valence-corrected chi connectivity index (χ2v) is 10.5.